The van der Waals surface area contributed by atoms with Crippen LogP contribution in [0.15, 0.2) is 91.3 Å². The number of aromatic nitrogens is 3. The standard InChI is InChI=1S/C24H20N4OS/c29-22-17-30-24(27(22)15-19-11-7-8-14-25-19)21-16-28(20-12-5-2-6-13-20)26-23(21)18-9-3-1-4-10-18/h1-14,16,24H,15,17H2/t24-/m0/s1. The van der Waals surface area contributed by atoms with Crippen molar-refractivity contribution in [3.63, 3.8) is 0 Å². The van der Waals surface area contributed by atoms with E-state index in [1.165, 1.54) is 0 Å². The average Bonchev–Trinajstić information content (AvgIpc) is 3.40. The number of hydrogen-bond acceptors (Lipinski definition) is 4. The number of benzene rings is 2. The van der Waals surface area contributed by atoms with Crippen molar-refractivity contribution in [2.45, 2.75) is 11.9 Å². The van der Waals surface area contributed by atoms with Crippen LogP contribution in [0.3, 0.4) is 0 Å². The first-order chi connectivity index (χ1) is 14.8. The van der Waals surface area contributed by atoms with E-state index in [-0.39, 0.29) is 11.3 Å². The van der Waals surface area contributed by atoms with Crippen molar-refractivity contribution < 1.29 is 4.79 Å². The first-order valence-corrected chi connectivity index (χ1v) is 10.9. The summed E-state index contributed by atoms with van der Waals surface area (Å²) in [5, 5.41) is 4.81. The van der Waals surface area contributed by atoms with Crippen LogP contribution in [0.4, 0.5) is 0 Å². The molecule has 1 amide bonds. The summed E-state index contributed by atoms with van der Waals surface area (Å²) in [5.41, 5.74) is 4.86. The highest BCUT2D eigenvalue weighted by Crippen LogP contribution is 2.43. The maximum Gasteiger partial charge on any atom is 0.234 e. The molecule has 2 aromatic heterocycles. The fourth-order valence-electron chi connectivity index (χ4n) is 3.65. The van der Waals surface area contributed by atoms with E-state index < -0.39 is 0 Å². The van der Waals surface area contributed by atoms with E-state index in [9.17, 15) is 4.79 Å². The Morgan fingerprint density at radius 1 is 0.933 bits per heavy atom. The minimum Gasteiger partial charge on any atom is -0.320 e. The zero-order valence-electron chi connectivity index (χ0n) is 16.3. The molecule has 0 radical (unpaired) electrons. The molecule has 30 heavy (non-hydrogen) atoms. The van der Waals surface area contributed by atoms with Crippen LogP contribution in [0.2, 0.25) is 0 Å². The average molecular weight is 413 g/mol. The summed E-state index contributed by atoms with van der Waals surface area (Å²) in [6.45, 7) is 0.488. The van der Waals surface area contributed by atoms with Gasteiger partial charge in [-0.2, -0.15) is 5.10 Å². The molecule has 5 rings (SSSR count). The molecule has 0 bridgehead atoms. The molecule has 1 aliphatic rings. The van der Waals surface area contributed by atoms with Crippen LogP contribution < -0.4 is 0 Å². The third-order valence-corrected chi connectivity index (χ3v) is 6.34. The smallest absolute Gasteiger partial charge is 0.234 e. The van der Waals surface area contributed by atoms with E-state index in [4.69, 9.17) is 5.10 Å². The molecule has 5 nitrogen and oxygen atoms in total. The van der Waals surface area contributed by atoms with E-state index in [0.717, 1.165) is 28.2 Å². The molecular formula is C24H20N4OS. The Kier molecular flexibility index (Phi) is 5.07. The third kappa shape index (κ3) is 3.62. The molecule has 3 heterocycles. The fourth-order valence-corrected chi connectivity index (χ4v) is 4.84. The highest BCUT2D eigenvalue weighted by Gasteiger charge is 2.36. The van der Waals surface area contributed by atoms with Gasteiger partial charge in [-0.3, -0.25) is 9.78 Å². The van der Waals surface area contributed by atoms with Gasteiger partial charge in [-0.15, -0.1) is 11.8 Å². The second-order valence-electron chi connectivity index (χ2n) is 7.09. The molecule has 0 N–H and O–H groups in total. The predicted molar refractivity (Wildman–Crippen MR) is 119 cm³/mol. The Bertz CT molecular complexity index is 1150. The second-order valence-corrected chi connectivity index (χ2v) is 8.15. The van der Waals surface area contributed by atoms with Crippen LogP contribution >= 0.6 is 11.8 Å². The van der Waals surface area contributed by atoms with E-state index in [0.29, 0.717) is 12.3 Å². The molecule has 6 heteroatoms. The summed E-state index contributed by atoms with van der Waals surface area (Å²) in [6, 6.07) is 26.0. The Morgan fingerprint density at radius 2 is 1.67 bits per heavy atom. The van der Waals surface area contributed by atoms with Crippen molar-refractivity contribution in [1.82, 2.24) is 19.7 Å². The molecule has 1 aliphatic heterocycles. The zero-order valence-corrected chi connectivity index (χ0v) is 17.1. The number of carbonyl (C=O) groups excluding carboxylic acids is 1. The third-order valence-electron chi connectivity index (χ3n) is 5.10. The van der Waals surface area contributed by atoms with E-state index in [1.54, 1.807) is 18.0 Å². The van der Waals surface area contributed by atoms with Gasteiger partial charge in [0.1, 0.15) is 5.37 Å². The molecular weight excluding hydrogens is 392 g/mol. The number of para-hydroxylation sites is 1. The maximum atomic E-state index is 12.7. The Labute approximate surface area is 179 Å². The highest BCUT2D eigenvalue weighted by molar-refractivity contribution is 8.00. The van der Waals surface area contributed by atoms with E-state index >= 15 is 0 Å². The molecule has 0 unspecified atom stereocenters. The van der Waals surface area contributed by atoms with E-state index in [1.807, 2.05) is 76.3 Å². The lowest BCUT2D eigenvalue weighted by Gasteiger charge is -2.23. The molecule has 0 spiro atoms. The largest absolute Gasteiger partial charge is 0.320 e. The first-order valence-electron chi connectivity index (χ1n) is 9.81. The summed E-state index contributed by atoms with van der Waals surface area (Å²) < 4.78 is 1.90. The SMILES string of the molecule is O=C1CS[C@@H](c2cn(-c3ccccc3)nc2-c2ccccc2)N1Cc1ccccn1. The molecule has 1 fully saturated rings. The number of rotatable bonds is 5. The summed E-state index contributed by atoms with van der Waals surface area (Å²) in [7, 11) is 0. The quantitative estimate of drug-likeness (QED) is 0.476. The van der Waals surface area contributed by atoms with Crippen LogP contribution in [0, 0.1) is 0 Å². The molecule has 4 aromatic rings. The van der Waals surface area contributed by atoms with Crippen LogP contribution in [-0.4, -0.2) is 31.3 Å². The number of nitrogens with zero attached hydrogens (tertiary/aromatic N) is 4. The van der Waals surface area contributed by atoms with Gasteiger partial charge in [0.15, 0.2) is 0 Å². The van der Waals surface area contributed by atoms with Gasteiger partial charge in [-0.05, 0) is 24.3 Å². The van der Waals surface area contributed by atoms with Gasteiger partial charge >= 0.3 is 0 Å². The van der Waals surface area contributed by atoms with Gasteiger partial charge < -0.3 is 4.90 Å². The predicted octanol–water partition coefficient (Wildman–Crippen LogP) is 4.71. The molecule has 0 aliphatic carbocycles. The van der Waals surface area contributed by atoms with Gasteiger partial charge in [0.25, 0.3) is 0 Å². The molecule has 148 valence electrons. The van der Waals surface area contributed by atoms with Crippen molar-refractivity contribution in [2.75, 3.05) is 5.75 Å². The van der Waals surface area contributed by atoms with Crippen LogP contribution in [0.1, 0.15) is 16.6 Å². The molecule has 2 aromatic carbocycles. The second kappa shape index (κ2) is 8.16. The molecule has 1 atom stereocenters. The normalized spacial score (nSPS) is 16.2. The minimum atomic E-state index is -0.104. The number of thioether (sulfide) groups is 1. The zero-order chi connectivity index (χ0) is 20.3. The van der Waals surface area contributed by atoms with E-state index in [2.05, 4.69) is 23.3 Å². The Morgan fingerprint density at radius 3 is 2.40 bits per heavy atom. The van der Waals surface area contributed by atoms with Crippen molar-refractivity contribution >= 4 is 17.7 Å². The van der Waals surface area contributed by atoms with Crippen molar-refractivity contribution in [3.05, 3.63) is 103 Å². The fraction of sp³-hybridized carbons (Fsp3) is 0.125. The number of hydrogen-bond donors (Lipinski definition) is 0. The van der Waals surface area contributed by atoms with Gasteiger partial charge in [0.05, 0.1) is 29.4 Å². The number of carbonyl (C=O) groups is 1. The number of amides is 1. The van der Waals surface area contributed by atoms with Gasteiger partial charge in [0.2, 0.25) is 5.91 Å². The lowest BCUT2D eigenvalue weighted by molar-refractivity contribution is -0.128. The Hall–Kier alpha value is -3.38. The van der Waals surface area contributed by atoms with Crippen molar-refractivity contribution in [1.29, 1.82) is 0 Å². The monoisotopic (exact) mass is 412 g/mol. The highest BCUT2D eigenvalue weighted by atomic mass is 32.2. The molecule has 0 saturated carbocycles. The minimum absolute atomic E-state index is 0.104. The first kappa shape index (κ1) is 18.6. The van der Waals surface area contributed by atoms with Crippen LogP contribution in [0.25, 0.3) is 16.9 Å². The maximum absolute atomic E-state index is 12.7. The summed E-state index contributed by atoms with van der Waals surface area (Å²) in [5.74, 6) is 0.588. The summed E-state index contributed by atoms with van der Waals surface area (Å²) in [4.78, 5) is 19.1. The van der Waals surface area contributed by atoms with Crippen LogP contribution in [0.5, 0.6) is 0 Å². The van der Waals surface area contributed by atoms with Gasteiger partial charge in [-0.25, -0.2) is 4.68 Å². The topological polar surface area (TPSA) is 51.0 Å². The summed E-state index contributed by atoms with van der Waals surface area (Å²) in [6.07, 6.45) is 3.82. The summed E-state index contributed by atoms with van der Waals surface area (Å²) >= 11 is 1.64. The van der Waals surface area contributed by atoms with Crippen molar-refractivity contribution in [3.8, 4) is 16.9 Å². The van der Waals surface area contributed by atoms with Gasteiger partial charge in [0, 0.05) is 23.5 Å². The lowest BCUT2D eigenvalue weighted by Crippen LogP contribution is -2.28. The molecule has 1 saturated heterocycles. The van der Waals surface area contributed by atoms with Gasteiger partial charge in [-0.1, -0.05) is 54.6 Å². The Balaban J connectivity index is 1.58. The number of pyridine rings is 1. The lowest BCUT2D eigenvalue weighted by atomic mass is 10.1. The van der Waals surface area contributed by atoms with Crippen LogP contribution in [-0.2, 0) is 11.3 Å². The van der Waals surface area contributed by atoms with Crippen molar-refractivity contribution in [2.24, 2.45) is 0 Å².